The average molecular weight is 317 g/mol. The van der Waals surface area contributed by atoms with Crippen molar-refractivity contribution in [3.05, 3.63) is 48.4 Å². The van der Waals surface area contributed by atoms with Gasteiger partial charge in [0, 0.05) is 47.2 Å². The van der Waals surface area contributed by atoms with E-state index in [2.05, 4.69) is 14.8 Å². The topological polar surface area (TPSA) is 92.1 Å². The zero-order valence-corrected chi connectivity index (χ0v) is 12.5. The second-order valence-electron chi connectivity index (χ2n) is 4.56. The molecule has 0 saturated carbocycles. The number of nitrogens with zero attached hydrogens (tertiary/aromatic N) is 3. The highest BCUT2D eigenvalue weighted by atomic mass is 32.2. The molecule has 2 aromatic heterocycles. The highest BCUT2D eigenvalue weighted by molar-refractivity contribution is 7.77. The predicted octanol–water partition coefficient (Wildman–Crippen LogP) is 1.31. The molecule has 1 atom stereocenters. The maximum atomic E-state index is 10.5. The molecule has 0 aliphatic rings. The summed E-state index contributed by atoms with van der Waals surface area (Å²) in [5, 5.41) is 5.20. The van der Waals surface area contributed by atoms with Crippen molar-refractivity contribution in [3.63, 3.8) is 0 Å². The lowest BCUT2D eigenvalue weighted by Crippen LogP contribution is -2.15. The Morgan fingerprint density at radius 1 is 1.41 bits per heavy atom. The van der Waals surface area contributed by atoms with Gasteiger partial charge in [0.2, 0.25) is 0 Å². The van der Waals surface area contributed by atoms with E-state index in [1.807, 2.05) is 24.3 Å². The van der Waals surface area contributed by atoms with E-state index in [0.717, 1.165) is 27.9 Å². The first kappa shape index (κ1) is 14.6. The van der Waals surface area contributed by atoms with Gasteiger partial charge in [0.15, 0.2) is 0 Å². The monoisotopic (exact) mass is 317 g/mol. The van der Waals surface area contributed by atoms with Gasteiger partial charge in [0.1, 0.15) is 5.75 Å². The number of methoxy groups -OCH3 is 1. The summed E-state index contributed by atoms with van der Waals surface area (Å²) in [7, 11) is 1.61. The molecule has 0 amide bonds. The van der Waals surface area contributed by atoms with E-state index < -0.39 is 11.3 Å². The van der Waals surface area contributed by atoms with Gasteiger partial charge in [0.25, 0.3) is 0 Å². The van der Waals surface area contributed by atoms with Gasteiger partial charge in [-0.2, -0.15) is 5.10 Å². The van der Waals surface area contributed by atoms with Crippen molar-refractivity contribution in [1.82, 2.24) is 19.5 Å². The fourth-order valence-corrected chi connectivity index (χ4v) is 2.45. The summed E-state index contributed by atoms with van der Waals surface area (Å²) in [5.74, 6) is 0.737. The molecule has 114 valence electrons. The molecule has 3 rings (SSSR count). The van der Waals surface area contributed by atoms with Crippen LogP contribution in [0.1, 0.15) is 5.56 Å². The number of hydrogen-bond donors (Lipinski definition) is 1. The summed E-state index contributed by atoms with van der Waals surface area (Å²) in [6.07, 6.45) is 5.10. The Morgan fingerprint density at radius 2 is 2.27 bits per heavy atom. The third kappa shape index (κ3) is 2.98. The highest BCUT2D eigenvalue weighted by Gasteiger charge is 2.07. The minimum absolute atomic E-state index is 0.201. The second-order valence-corrected chi connectivity index (χ2v) is 5.32. The van der Waals surface area contributed by atoms with Crippen LogP contribution in [0.2, 0.25) is 0 Å². The van der Waals surface area contributed by atoms with E-state index in [4.69, 9.17) is 4.74 Å². The second kappa shape index (κ2) is 6.22. The van der Waals surface area contributed by atoms with E-state index in [9.17, 15) is 8.76 Å². The molecule has 1 aromatic carbocycles. The number of benzene rings is 1. The Morgan fingerprint density at radius 3 is 3.05 bits per heavy atom. The van der Waals surface area contributed by atoms with E-state index in [1.54, 1.807) is 30.4 Å². The van der Waals surface area contributed by atoms with Crippen LogP contribution >= 0.6 is 0 Å². The highest BCUT2D eigenvalue weighted by Crippen LogP contribution is 2.24. The third-order valence-corrected chi connectivity index (χ3v) is 3.58. The van der Waals surface area contributed by atoms with Gasteiger partial charge in [0.05, 0.1) is 24.5 Å². The summed E-state index contributed by atoms with van der Waals surface area (Å²) >= 11 is -2.29. The molecule has 0 spiro atoms. The molecule has 0 saturated heterocycles. The van der Waals surface area contributed by atoms with Gasteiger partial charge >= 0.3 is 0 Å². The summed E-state index contributed by atoms with van der Waals surface area (Å²) in [6, 6.07) is 7.49. The molecule has 1 unspecified atom stereocenters. The van der Waals surface area contributed by atoms with Crippen LogP contribution in [0.5, 0.6) is 5.75 Å². The van der Waals surface area contributed by atoms with Crippen LogP contribution in [0.15, 0.2) is 42.9 Å². The standard InChI is InChI=1S/C14H14N4O3S/c1-21-11-2-3-12-13(6-11)15-5-4-14(12)18-9-10(7-16-18)8-17-22(19)20/h2-7,9,17H,8H2,1H3,(H,19,20)/p-1. The van der Waals surface area contributed by atoms with Crippen LogP contribution in [0, 0.1) is 0 Å². The van der Waals surface area contributed by atoms with Gasteiger partial charge in [-0.15, -0.1) is 0 Å². The van der Waals surface area contributed by atoms with Gasteiger partial charge in [-0.3, -0.25) is 9.19 Å². The Hall–Kier alpha value is -2.29. The molecule has 2 heterocycles. The quantitative estimate of drug-likeness (QED) is 0.716. The van der Waals surface area contributed by atoms with Gasteiger partial charge in [-0.1, -0.05) is 0 Å². The van der Waals surface area contributed by atoms with E-state index in [-0.39, 0.29) is 6.54 Å². The molecule has 0 aliphatic carbocycles. The number of nitrogens with one attached hydrogen (secondary N) is 1. The van der Waals surface area contributed by atoms with Crippen LogP contribution in [0.25, 0.3) is 16.6 Å². The first-order valence-corrected chi connectivity index (χ1v) is 7.54. The van der Waals surface area contributed by atoms with Crippen molar-refractivity contribution >= 4 is 22.2 Å². The first-order chi connectivity index (χ1) is 10.7. The van der Waals surface area contributed by atoms with Crippen LogP contribution in [-0.4, -0.2) is 30.6 Å². The molecular formula is C14H13N4O3S-. The Bertz CT molecular complexity index is 834. The van der Waals surface area contributed by atoms with Crippen molar-refractivity contribution in [2.24, 2.45) is 0 Å². The van der Waals surface area contributed by atoms with Crippen molar-refractivity contribution < 1.29 is 13.5 Å². The lowest BCUT2D eigenvalue weighted by Gasteiger charge is -2.07. The molecule has 22 heavy (non-hydrogen) atoms. The van der Waals surface area contributed by atoms with Crippen LogP contribution in [0.4, 0.5) is 0 Å². The Balaban J connectivity index is 1.97. The number of ether oxygens (including phenoxy) is 1. The summed E-state index contributed by atoms with van der Waals surface area (Å²) in [5.41, 5.74) is 2.43. The van der Waals surface area contributed by atoms with Gasteiger partial charge < -0.3 is 9.29 Å². The number of fused-ring (bicyclic) bond motifs is 1. The Labute approximate surface area is 129 Å². The third-order valence-electron chi connectivity index (χ3n) is 3.20. The van der Waals surface area contributed by atoms with Gasteiger partial charge in [-0.05, 0) is 18.2 Å². The maximum Gasteiger partial charge on any atom is 0.121 e. The van der Waals surface area contributed by atoms with Crippen LogP contribution < -0.4 is 9.46 Å². The van der Waals surface area contributed by atoms with Gasteiger partial charge in [-0.25, -0.2) is 9.40 Å². The minimum atomic E-state index is -2.29. The van der Waals surface area contributed by atoms with Crippen LogP contribution in [-0.2, 0) is 17.8 Å². The fraction of sp³-hybridized carbons (Fsp3) is 0.143. The smallest absolute Gasteiger partial charge is 0.121 e. The van der Waals surface area contributed by atoms with E-state index in [1.165, 1.54) is 0 Å². The van der Waals surface area contributed by atoms with Crippen molar-refractivity contribution in [2.45, 2.75) is 6.54 Å². The van der Waals surface area contributed by atoms with Crippen molar-refractivity contribution in [3.8, 4) is 11.4 Å². The average Bonchev–Trinajstić information content (AvgIpc) is 3.00. The molecule has 0 aliphatic heterocycles. The maximum absolute atomic E-state index is 10.5. The minimum Gasteiger partial charge on any atom is -0.760 e. The molecule has 7 nitrogen and oxygen atoms in total. The lowest BCUT2D eigenvalue weighted by atomic mass is 10.2. The zero-order valence-electron chi connectivity index (χ0n) is 11.7. The summed E-state index contributed by atoms with van der Waals surface area (Å²) in [6.45, 7) is 0.201. The normalized spacial score (nSPS) is 12.5. The largest absolute Gasteiger partial charge is 0.760 e. The molecule has 3 aromatic rings. The number of rotatable bonds is 5. The molecule has 8 heteroatoms. The van der Waals surface area contributed by atoms with Crippen molar-refractivity contribution in [1.29, 1.82) is 0 Å². The Kier molecular flexibility index (Phi) is 4.14. The predicted molar refractivity (Wildman–Crippen MR) is 81.2 cm³/mol. The first-order valence-electron chi connectivity index (χ1n) is 6.47. The zero-order chi connectivity index (χ0) is 15.5. The molecular weight excluding hydrogens is 304 g/mol. The SMILES string of the molecule is COc1ccc2c(-n3cc(CNS(=O)[O-])cn3)ccnc2c1. The van der Waals surface area contributed by atoms with Crippen LogP contribution in [0.3, 0.4) is 0 Å². The lowest BCUT2D eigenvalue weighted by molar-refractivity contribution is 0.415. The number of hydrogen-bond acceptors (Lipinski definition) is 5. The fourth-order valence-electron chi connectivity index (χ4n) is 2.16. The summed E-state index contributed by atoms with van der Waals surface area (Å²) in [4.78, 5) is 4.33. The molecule has 1 N–H and O–H groups in total. The molecule has 0 fully saturated rings. The molecule has 0 radical (unpaired) electrons. The molecule has 0 bridgehead atoms. The number of aromatic nitrogens is 3. The van der Waals surface area contributed by atoms with Crippen molar-refractivity contribution in [2.75, 3.05) is 7.11 Å². The van der Waals surface area contributed by atoms with E-state index in [0.29, 0.717) is 0 Å². The summed E-state index contributed by atoms with van der Waals surface area (Å²) < 4.78 is 30.3. The van der Waals surface area contributed by atoms with E-state index >= 15 is 0 Å². The number of pyridine rings is 1.